The molecule has 0 saturated heterocycles. The summed E-state index contributed by atoms with van der Waals surface area (Å²) in [5, 5.41) is 3.11. The van der Waals surface area contributed by atoms with Crippen molar-refractivity contribution in [1.29, 1.82) is 0 Å². The fraction of sp³-hybridized carbons (Fsp3) is 0.222. The van der Waals surface area contributed by atoms with E-state index in [1.165, 1.54) is 4.88 Å². The second kappa shape index (κ2) is 4.25. The van der Waals surface area contributed by atoms with Crippen molar-refractivity contribution in [3.8, 4) is 10.6 Å². The molecule has 2 aromatic rings. The van der Waals surface area contributed by atoms with Crippen LogP contribution in [-0.2, 0) is 6.54 Å². The van der Waals surface area contributed by atoms with E-state index in [-0.39, 0.29) is 0 Å². The summed E-state index contributed by atoms with van der Waals surface area (Å²) in [4.78, 5) is 8.63. The third-order valence-electron chi connectivity index (χ3n) is 1.88. The Labute approximate surface area is 94.7 Å². The Balaban J connectivity index is 2.36. The lowest BCUT2D eigenvalue weighted by molar-refractivity contribution is 0.799. The van der Waals surface area contributed by atoms with Crippen LogP contribution < -0.4 is 5.32 Å². The minimum absolute atomic E-state index is 0.810. The van der Waals surface area contributed by atoms with Crippen molar-refractivity contribution in [2.45, 2.75) is 6.54 Å². The van der Waals surface area contributed by atoms with Crippen molar-refractivity contribution in [2.24, 2.45) is 0 Å². The molecule has 0 radical (unpaired) electrons. The minimum Gasteiger partial charge on any atom is -0.347 e. The highest BCUT2D eigenvalue weighted by Crippen LogP contribution is 2.31. The molecule has 0 aliphatic heterocycles. The van der Waals surface area contributed by atoms with E-state index in [4.69, 9.17) is 0 Å². The van der Waals surface area contributed by atoms with E-state index >= 15 is 0 Å². The van der Waals surface area contributed by atoms with Gasteiger partial charge in [-0.2, -0.15) is 0 Å². The summed E-state index contributed by atoms with van der Waals surface area (Å²) >= 11 is 5.14. The van der Waals surface area contributed by atoms with Crippen LogP contribution >= 0.6 is 27.3 Å². The summed E-state index contributed by atoms with van der Waals surface area (Å²) in [6.07, 6.45) is 1.73. The quantitative estimate of drug-likeness (QED) is 0.901. The van der Waals surface area contributed by atoms with Gasteiger partial charge < -0.3 is 10.3 Å². The Hall–Kier alpha value is -0.650. The summed E-state index contributed by atoms with van der Waals surface area (Å²) in [5.41, 5.74) is 2.16. The number of H-pyrrole nitrogens is 1. The summed E-state index contributed by atoms with van der Waals surface area (Å²) < 4.78 is 1.13. The smallest absolute Gasteiger partial charge is 0.103 e. The Bertz CT molecular complexity index is 421. The van der Waals surface area contributed by atoms with Gasteiger partial charge in [-0.25, -0.2) is 4.98 Å². The molecule has 0 bridgehead atoms. The third kappa shape index (κ3) is 1.89. The van der Waals surface area contributed by atoms with Crippen LogP contribution in [0.4, 0.5) is 0 Å². The number of imidazole rings is 1. The van der Waals surface area contributed by atoms with Crippen molar-refractivity contribution >= 4 is 27.3 Å². The number of hydrogen-bond donors (Lipinski definition) is 2. The lowest BCUT2D eigenvalue weighted by Gasteiger charge is -1.98. The van der Waals surface area contributed by atoms with Crippen molar-refractivity contribution in [2.75, 3.05) is 7.05 Å². The van der Waals surface area contributed by atoms with Crippen molar-refractivity contribution < 1.29 is 0 Å². The van der Waals surface area contributed by atoms with Gasteiger partial charge in [0.05, 0.1) is 20.7 Å². The van der Waals surface area contributed by atoms with Gasteiger partial charge in [0.2, 0.25) is 0 Å². The maximum absolute atomic E-state index is 4.31. The van der Waals surface area contributed by atoms with Crippen LogP contribution in [0.3, 0.4) is 0 Å². The van der Waals surface area contributed by atoms with Crippen molar-refractivity contribution in [3.05, 3.63) is 27.9 Å². The second-order valence-electron chi connectivity index (χ2n) is 2.86. The molecule has 0 aliphatic carbocycles. The molecule has 14 heavy (non-hydrogen) atoms. The molecular weight excluding hydrogens is 262 g/mol. The predicted octanol–water partition coefficient (Wildman–Crippen LogP) is 2.62. The van der Waals surface area contributed by atoms with E-state index in [0.29, 0.717) is 0 Å². The molecule has 0 spiro atoms. The second-order valence-corrected chi connectivity index (χ2v) is 5.33. The molecule has 0 saturated carbocycles. The van der Waals surface area contributed by atoms with Crippen LogP contribution in [-0.4, -0.2) is 17.0 Å². The molecule has 74 valence electrons. The first kappa shape index (κ1) is 9.89. The molecular formula is C9H10BrN3S. The Morgan fingerprint density at radius 3 is 3.07 bits per heavy atom. The summed E-state index contributed by atoms with van der Waals surface area (Å²) in [6, 6.07) is 4.11. The van der Waals surface area contributed by atoms with E-state index in [1.54, 1.807) is 17.7 Å². The van der Waals surface area contributed by atoms with E-state index in [1.807, 2.05) is 13.1 Å². The largest absolute Gasteiger partial charge is 0.347 e. The van der Waals surface area contributed by atoms with Gasteiger partial charge in [0.1, 0.15) is 5.69 Å². The number of hydrogen-bond acceptors (Lipinski definition) is 3. The molecule has 0 unspecified atom stereocenters. The van der Waals surface area contributed by atoms with Gasteiger partial charge >= 0.3 is 0 Å². The van der Waals surface area contributed by atoms with Gasteiger partial charge in [-0.3, -0.25) is 0 Å². The molecule has 0 fully saturated rings. The van der Waals surface area contributed by atoms with Gasteiger partial charge in [0.15, 0.2) is 0 Å². The zero-order valence-corrected chi connectivity index (χ0v) is 10.1. The van der Waals surface area contributed by atoms with Crippen LogP contribution in [0.25, 0.3) is 10.6 Å². The number of thiophene rings is 1. The molecule has 2 rings (SSSR count). The zero-order valence-electron chi connectivity index (χ0n) is 7.67. The number of aromatic nitrogens is 2. The van der Waals surface area contributed by atoms with Gasteiger partial charge in [0, 0.05) is 6.54 Å². The molecule has 2 N–H and O–H groups in total. The van der Waals surface area contributed by atoms with E-state index in [9.17, 15) is 0 Å². The standard InChI is InChI=1S/C9H10BrN3S/c1-11-4-6-9(13-5-12-6)7-2-3-8(10)14-7/h2-3,5,11H,4H2,1H3,(H,12,13). The van der Waals surface area contributed by atoms with Gasteiger partial charge in [-0.1, -0.05) is 0 Å². The first-order valence-electron chi connectivity index (χ1n) is 4.24. The maximum Gasteiger partial charge on any atom is 0.103 e. The SMILES string of the molecule is CNCc1[nH]cnc1-c1ccc(Br)s1. The topological polar surface area (TPSA) is 40.7 Å². The Morgan fingerprint density at radius 2 is 2.43 bits per heavy atom. The maximum atomic E-state index is 4.31. The molecule has 0 atom stereocenters. The van der Waals surface area contributed by atoms with Gasteiger partial charge in [-0.15, -0.1) is 11.3 Å². The number of rotatable bonds is 3. The molecule has 0 amide bonds. The van der Waals surface area contributed by atoms with E-state index in [0.717, 1.165) is 21.7 Å². The fourth-order valence-electron chi connectivity index (χ4n) is 1.29. The number of nitrogens with zero attached hydrogens (tertiary/aromatic N) is 1. The highest BCUT2D eigenvalue weighted by Gasteiger charge is 2.09. The van der Waals surface area contributed by atoms with Crippen molar-refractivity contribution in [3.63, 3.8) is 0 Å². The number of halogens is 1. The van der Waals surface area contributed by atoms with Crippen LogP contribution in [0.15, 0.2) is 22.2 Å². The van der Waals surface area contributed by atoms with Crippen LogP contribution in [0, 0.1) is 0 Å². The summed E-state index contributed by atoms with van der Waals surface area (Å²) in [6.45, 7) is 0.810. The first-order valence-corrected chi connectivity index (χ1v) is 5.84. The van der Waals surface area contributed by atoms with E-state index < -0.39 is 0 Å². The Morgan fingerprint density at radius 1 is 1.57 bits per heavy atom. The lowest BCUT2D eigenvalue weighted by atomic mass is 10.3. The lowest BCUT2D eigenvalue weighted by Crippen LogP contribution is -2.06. The first-order chi connectivity index (χ1) is 6.81. The summed E-state index contributed by atoms with van der Waals surface area (Å²) in [7, 11) is 1.93. The third-order valence-corrected chi connectivity index (χ3v) is 3.51. The van der Waals surface area contributed by atoms with Crippen molar-refractivity contribution in [1.82, 2.24) is 15.3 Å². The monoisotopic (exact) mass is 271 g/mol. The minimum atomic E-state index is 0.810. The highest BCUT2D eigenvalue weighted by molar-refractivity contribution is 9.11. The molecule has 5 heteroatoms. The molecule has 0 aromatic carbocycles. The molecule has 2 heterocycles. The van der Waals surface area contributed by atoms with Gasteiger partial charge in [-0.05, 0) is 35.1 Å². The average Bonchev–Trinajstić information content (AvgIpc) is 2.74. The van der Waals surface area contributed by atoms with E-state index in [2.05, 4.69) is 37.3 Å². The molecule has 2 aromatic heterocycles. The highest BCUT2D eigenvalue weighted by atomic mass is 79.9. The number of aromatic amines is 1. The Kier molecular flexibility index (Phi) is 3.00. The number of nitrogens with one attached hydrogen (secondary N) is 2. The van der Waals surface area contributed by atoms with Crippen LogP contribution in [0.1, 0.15) is 5.69 Å². The summed E-state index contributed by atoms with van der Waals surface area (Å²) in [5.74, 6) is 0. The predicted molar refractivity (Wildman–Crippen MR) is 62.4 cm³/mol. The van der Waals surface area contributed by atoms with Crippen LogP contribution in [0.5, 0.6) is 0 Å². The molecule has 3 nitrogen and oxygen atoms in total. The normalized spacial score (nSPS) is 10.7. The fourth-order valence-corrected chi connectivity index (χ4v) is 2.70. The zero-order chi connectivity index (χ0) is 9.97. The van der Waals surface area contributed by atoms with Crippen LogP contribution in [0.2, 0.25) is 0 Å². The van der Waals surface area contributed by atoms with Gasteiger partial charge in [0.25, 0.3) is 0 Å². The average molecular weight is 272 g/mol. The molecule has 0 aliphatic rings.